The summed E-state index contributed by atoms with van der Waals surface area (Å²) >= 11 is 7.79. The lowest BCUT2D eigenvalue weighted by Gasteiger charge is -2.25. The summed E-state index contributed by atoms with van der Waals surface area (Å²) in [7, 11) is 1.56. The maximum atomic E-state index is 13.9. The van der Waals surface area contributed by atoms with Gasteiger partial charge < -0.3 is 10.1 Å². The molecule has 1 unspecified atom stereocenters. The molecule has 8 heteroatoms. The van der Waals surface area contributed by atoms with Gasteiger partial charge in [-0.1, -0.05) is 71.8 Å². The SMILES string of the molecule is COc1ccccc1N(C(=O)CC(NC(C)=O)c1ccccc1Cl)c1nc(-c2ccc(C)cc2)cs1. The molecule has 1 N–H and O–H groups in total. The molecule has 1 aromatic heterocycles. The first kappa shape index (κ1) is 25.4. The molecule has 2 amide bonds. The zero-order chi connectivity index (χ0) is 25.7. The van der Waals surface area contributed by atoms with Crippen molar-refractivity contribution >= 4 is 45.6 Å². The minimum atomic E-state index is -0.613. The molecular formula is C28H26ClN3O3S. The second kappa shape index (κ2) is 11.4. The van der Waals surface area contributed by atoms with Crippen molar-refractivity contribution in [2.24, 2.45) is 0 Å². The van der Waals surface area contributed by atoms with Crippen LogP contribution in [0.5, 0.6) is 5.75 Å². The van der Waals surface area contributed by atoms with E-state index in [0.29, 0.717) is 27.2 Å². The van der Waals surface area contributed by atoms with Gasteiger partial charge in [0, 0.05) is 22.9 Å². The van der Waals surface area contributed by atoms with Crippen LogP contribution >= 0.6 is 22.9 Å². The van der Waals surface area contributed by atoms with Crippen LogP contribution in [0.1, 0.15) is 30.5 Å². The summed E-state index contributed by atoms with van der Waals surface area (Å²) in [4.78, 5) is 32.3. The van der Waals surface area contributed by atoms with Crippen LogP contribution in [0.15, 0.2) is 78.2 Å². The predicted molar refractivity (Wildman–Crippen MR) is 145 cm³/mol. The van der Waals surface area contributed by atoms with Crippen LogP contribution in [0.4, 0.5) is 10.8 Å². The fourth-order valence-corrected chi connectivity index (χ4v) is 5.02. The largest absolute Gasteiger partial charge is 0.495 e. The van der Waals surface area contributed by atoms with Crippen LogP contribution in [-0.2, 0) is 9.59 Å². The number of benzene rings is 3. The zero-order valence-electron chi connectivity index (χ0n) is 20.2. The van der Waals surface area contributed by atoms with Crippen molar-refractivity contribution in [1.82, 2.24) is 10.3 Å². The lowest BCUT2D eigenvalue weighted by Crippen LogP contribution is -2.34. The van der Waals surface area contributed by atoms with Gasteiger partial charge in [0.05, 0.1) is 31.0 Å². The average Bonchev–Trinajstić information content (AvgIpc) is 3.34. The van der Waals surface area contributed by atoms with E-state index in [1.807, 2.05) is 73.0 Å². The molecule has 0 spiro atoms. The summed E-state index contributed by atoms with van der Waals surface area (Å²) < 4.78 is 5.57. The third-order valence-corrected chi connectivity index (χ3v) is 6.81. The second-order valence-electron chi connectivity index (χ2n) is 8.26. The van der Waals surface area contributed by atoms with Crippen molar-refractivity contribution in [2.75, 3.05) is 12.0 Å². The molecule has 0 saturated heterocycles. The van der Waals surface area contributed by atoms with E-state index >= 15 is 0 Å². The second-order valence-corrected chi connectivity index (χ2v) is 9.50. The third-order valence-electron chi connectivity index (χ3n) is 5.64. The van der Waals surface area contributed by atoms with Gasteiger partial charge in [-0.25, -0.2) is 4.98 Å². The molecule has 0 bridgehead atoms. The molecule has 0 fully saturated rings. The average molecular weight is 520 g/mol. The van der Waals surface area contributed by atoms with Gasteiger partial charge in [0.25, 0.3) is 0 Å². The molecule has 0 aliphatic heterocycles. The van der Waals surface area contributed by atoms with Gasteiger partial charge in [-0.15, -0.1) is 11.3 Å². The van der Waals surface area contributed by atoms with Crippen molar-refractivity contribution < 1.29 is 14.3 Å². The minimum Gasteiger partial charge on any atom is -0.495 e. The number of aromatic nitrogens is 1. The molecule has 6 nitrogen and oxygen atoms in total. The molecule has 4 rings (SSSR count). The Morgan fingerprint density at radius 1 is 1.06 bits per heavy atom. The molecular weight excluding hydrogens is 494 g/mol. The number of aryl methyl sites for hydroxylation is 1. The fraction of sp³-hybridized carbons (Fsp3) is 0.179. The smallest absolute Gasteiger partial charge is 0.235 e. The zero-order valence-corrected chi connectivity index (χ0v) is 21.8. The Hall–Kier alpha value is -3.68. The summed E-state index contributed by atoms with van der Waals surface area (Å²) in [6.45, 7) is 3.45. The van der Waals surface area contributed by atoms with E-state index in [9.17, 15) is 9.59 Å². The Morgan fingerprint density at radius 2 is 1.75 bits per heavy atom. The van der Waals surface area contributed by atoms with E-state index in [2.05, 4.69) is 5.32 Å². The highest BCUT2D eigenvalue weighted by Gasteiger charge is 2.28. The fourth-order valence-electron chi connectivity index (χ4n) is 3.89. The molecule has 4 aromatic rings. The maximum absolute atomic E-state index is 13.9. The Labute approximate surface area is 219 Å². The number of hydrogen-bond acceptors (Lipinski definition) is 5. The highest BCUT2D eigenvalue weighted by atomic mass is 35.5. The number of anilines is 2. The van der Waals surface area contributed by atoms with Crippen LogP contribution in [0, 0.1) is 6.92 Å². The van der Waals surface area contributed by atoms with Gasteiger partial charge in [-0.2, -0.15) is 0 Å². The summed E-state index contributed by atoms with van der Waals surface area (Å²) in [5.74, 6) is 0.0159. The first-order valence-electron chi connectivity index (χ1n) is 11.4. The normalized spacial score (nSPS) is 11.6. The van der Waals surface area contributed by atoms with Gasteiger partial charge in [-0.3, -0.25) is 14.5 Å². The highest BCUT2D eigenvalue weighted by molar-refractivity contribution is 7.14. The first-order valence-corrected chi connectivity index (χ1v) is 12.6. The number of halogens is 1. The van der Waals surface area contributed by atoms with Gasteiger partial charge in [0.15, 0.2) is 5.13 Å². The van der Waals surface area contributed by atoms with Gasteiger partial charge in [-0.05, 0) is 30.7 Å². The van der Waals surface area contributed by atoms with Crippen LogP contribution in [0.2, 0.25) is 5.02 Å². The summed E-state index contributed by atoms with van der Waals surface area (Å²) in [6, 6.07) is 21.9. The van der Waals surface area contributed by atoms with Crippen molar-refractivity contribution in [3.63, 3.8) is 0 Å². The van der Waals surface area contributed by atoms with Crippen LogP contribution in [0.25, 0.3) is 11.3 Å². The van der Waals surface area contributed by atoms with E-state index < -0.39 is 6.04 Å². The topological polar surface area (TPSA) is 71.5 Å². The highest BCUT2D eigenvalue weighted by Crippen LogP contribution is 2.38. The van der Waals surface area contributed by atoms with E-state index in [0.717, 1.165) is 16.8 Å². The van der Waals surface area contributed by atoms with E-state index in [-0.39, 0.29) is 18.2 Å². The van der Waals surface area contributed by atoms with Gasteiger partial charge >= 0.3 is 0 Å². The monoisotopic (exact) mass is 519 g/mol. The number of amides is 2. The number of rotatable bonds is 8. The number of methoxy groups -OCH3 is 1. The molecule has 184 valence electrons. The van der Waals surface area contributed by atoms with Gasteiger partial charge in [0.2, 0.25) is 11.8 Å². The Bertz CT molecular complexity index is 1370. The number of ether oxygens (including phenoxy) is 1. The first-order chi connectivity index (χ1) is 17.4. The molecule has 0 aliphatic carbocycles. The summed E-state index contributed by atoms with van der Waals surface area (Å²) in [5.41, 5.74) is 4.12. The number of nitrogens with zero attached hydrogens (tertiary/aromatic N) is 2. The standard InChI is InChI=1S/C28H26ClN3O3S/c1-18-12-14-20(15-13-18)24-17-36-28(31-24)32(25-10-6-7-11-26(25)35-3)27(34)16-23(30-19(2)33)21-8-4-5-9-22(21)29/h4-15,17,23H,16H2,1-3H3,(H,30,33). The Balaban J connectivity index is 1.75. The molecule has 1 atom stereocenters. The summed E-state index contributed by atoms with van der Waals surface area (Å²) in [5, 5.41) is 5.77. The van der Waals surface area contributed by atoms with Crippen molar-refractivity contribution in [2.45, 2.75) is 26.3 Å². The number of para-hydroxylation sites is 2. The molecule has 36 heavy (non-hydrogen) atoms. The number of thiazole rings is 1. The van der Waals surface area contributed by atoms with E-state index in [1.165, 1.54) is 18.3 Å². The molecule has 0 radical (unpaired) electrons. The van der Waals surface area contributed by atoms with E-state index in [4.69, 9.17) is 21.3 Å². The predicted octanol–water partition coefficient (Wildman–Crippen LogP) is 6.71. The van der Waals surface area contributed by atoms with Gasteiger partial charge in [0.1, 0.15) is 5.75 Å². The van der Waals surface area contributed by atoms with Crippen LogP contribution < -0.4 is 15.0 Å². The quantitative estimate of drug-likeness (QED) is 0.281. The molecule has 0 saturated carbocycles. The van der Waals surface area contributed by atoms with Crippen molar-refractivity contribution in [3.05, 3.63) is 94.3 Å². The Morgan fingerprint density at radius 3 is 2.44 bits per heavy atom. The number of carbonyl (C=O) groups excluding carboxylic acids is 2. The van der Waals surface area contributed by atoms with Crippen LogP contribution in [-0.4, -0.2) is 23.9 Å². The lowest BCUT2D eigenvalue weighted by atomic mass is 10.0. The lowest BCUT2D eigenvalue weighted by molar-refractivity contribution is -0.121. The van der Waals surface area contributed by atoms with Crippen molar-refractivity contribution in [1.29, 1.82) is 0 Å². The summed E-state index contributed by atoms with van der Waals surface area (Å²) in [6.07, 6.45) is -0.0270. The number of hydrogen-bond donors (Lipinski definition) is 1. The molecule has 3 aromatic carbocycles. The van der Waals surface area contributed by atoms with Crippen LogP contribution in [0.3, 0.4) is 0 Å². The minimum absolute atomic E-state index is 0.0270. The third kappa shape index (κ3) is 5.75. The Kier molecular flexibility index (Phi) is 8.03. The van der Waals surface area contributed by atoms with E-state index in [1.54, 1.807) is 24.1 Å². The molecule has 1 heterocycles. The number of carbonyl (C=O) groups is 2. The molecule has 0 aliphatic rings. The maximum Gasteiger partial charge on any atom is 0.235 e. The van der Waals surface area contributed by atoms with Crippen molar-refractivity contribution in [3.8, 4) is 17.0 Å². The number of nitrogens with one attached hydrogen (secondary N) is 1.